The Hall–Kier alpha value is -4.58. The van der Waals surface area contributed by atoms with E-state index in [4.69, 9.17) is 4.74 Å². The van der Waals surface area contributed by atoms with Gasteiger partial charge in [-0.3, -0.25) is 4.79 Å². The number of H-pyrrole nitrogens is 1. The number of hydrogen-bond acceptors (Lipinski definition) is 3. The van der Waals surface area contributed by atoms with Gasteiger partial charge >= 0.3 is 6.09 Å². The molecular formula is C32H31N3O3. The molecule has 0 spiro atoms. The molecule has 0 radical (unpaired) electrons. The van der Waals surface area contributed by atoms with E-state index >= 15 is 0 Å². The largest absolute Gasteiger partial charge is 0.445 e. The van der Waals surface area contributed by atoms with Crippen LogP contribution in [0.1, 0.15) is 23.6 Å². The minimum Gasteiger partial charge on any atom is -0.445 e. The highest BCUT2D eigenvalue weighted by Gasteiger charge is 2.36. The van der Waals surface area contributed by atoms with Gasteiger partial charge in [0.25, 0.3) is 0 Å². The maximum Gasteiger partial charge on any atom is 0.408 e. The van der Waals surface area contributed by atoms with E-state index in [1.807, 2.05) is 103 Å². The molecule has 1 atom stereocenters. The zero-order valence-electron chi connectivity index (χ0n) is 21.4. The summed E-state index contributed by atoms with van der Waals surface area (Å²) in [6.07, 6.45) is 2.25. The Morgan fingerprint density at radius 3 is 2.37 bits per heavy atom. The van der Waals surface area contributed by atoms with Crippen LogP contribution in [-0.2, 0) is 29.0 Å². The van der Waals surface area contributed by atoms with E-state index in [0.29, 0.717) is 19.4 Å². The van der Waals surface area contributed by atoms with Crippen LogP contribution in [0.15, 0.2) is 103 Å². The van der Waals surface area contributed by atoms with Crippen molar-refractivity contribution in [3.8, 4) is 0 Å². The summed E-state index contributed by atoms with van der Waals surface area (Å²) in [5, 5.41) is 9.02. The van der Waals surface area contributed by atoms with Crippen LogP contribution in [0.2, 0.25) is 0 Å². The van der Waals surface area contributed by atoms with Gasteiger partial charge in [-0.1, -0.05) is 91.0 Å². The van der Waals surface area contributed by atoms with Crippen LogP contribution in [0.25, 0.3) is 21.7 Å². The van der Waals surface area contributed by atoms with Crippen molar-refractivity contribution < 1.29 is 14.3 Å². The fourth-order valence-corrected chi connectivity index (χ4v) is 4.82. The Labute approximate surface area is 222 Å². The fourth-order valence-electron chi connectivity index (χ4n) is 4.82. The molecule has 0 aliphatic heterocycles. The highest BCUT2D eigenvalue weighted by Crippen LogP contribution is 2.24. The van der Waals surface area contributed by atoms with E-state index in [9.17, 15) is 9.59 Å². The van der Waals surface area contributed by atoms with Crippen molar-refractivity contribution in [1.82, 2.24) is 15.6 Å². The van der Waals surface area contributed by atoms with Crippen molar-refractivity contribution in [2.45, 2.75) is 31.9 Å². The molecule has 1 aromatic heterocycles. The Morgan fingerprint density at radius 2 is 1.53 bits per heavy atom. The lowest BCUT2D eigenvalue weighted by Crippen LogP contribution is -2.58. The minimum atomic E-state index is -1.22. The molecule has 5 rings (SSSR count). The number of benzene rings is 4. The first kappa shape index (κ1) is 25.1. The molecule has 3 N–H and O–H groups in total. The van der Waals surface area contributed by atoms with Crippen molar-refractivity contribution in [2.75, 3.05) is 6.54 Å². The Balaban J connectivity index is 1.31. The van der Waals surface area contributed by atoms with Gasteiger partial charge in [0.15, 0.2) is 0 Å². The van der Waals surface area contributed by atoms with E-state index in [0.717, 1.165) is 38.4 Å². The smallest absolute Gasteiger partial charge is 0.408 e. The quantitative estimate of drug-likeness (QED) is 0.233. The first-order valence-electron chi connectivity index (χ1n) is 12.8. The average molecular weight is 506 g/mol. The summed E-state index contributed by atoms with van der Waals surface area (Å²) in [6.45, 7) is 2.30. The number of alkyl carbamates (subject to hydrolysis) is 1. The molecule has 6 heteroatoms. The number of aromatic nitrogens is 1. The summed E-state index contributed by atoms with van der Waals surface area (Å²) in [4.78, 5) is 29.8. The molecule has 0 fully saturated rings. The van der Waals surface area contributed by atoms with Gasteiger partial charge in [0, 0.05) is 30.1 Å². The van der Waals surface area contributed by atoms with Gasteiger partial charge in [-0.25, -0.2) is 4.79 Å². The lowest BCUT2D eigenvalue weighted by atomic mass is 9.91. The number of ether oxygens (including phenoxy) is 1. The third-order valence-electron chi connectivity index (χ3n) is 6.88. The number of nitrogens with one attached hydrogen (secondary N) is 3. The van der Waals surface area contributed by atoms with Crippen molar-refractivity contribution in [2.24, 2.45) is 0 Å². The van der Waals surface area contributed by atoms with Crippen LogP contribution in [0.5, 0.6) is 0 Å². The predicted molar refractivity (Wildman–Crippen MR) is 151 cm³/mol. The highest BCUT2D eigenvalue weighted by molar-refractivity contribution is 5.91. The lowest BCUT2D eigenvalue weighted by Gasteiger charge is -2.29. The minimum absolute atomic E-state index is 0.103. The van der Waals surface area contributed by atoms with Gasteiger partial charge in [-0.15, -0.1) is 0 Å². The highest BCUT2D eigenvalue weighted by atomic mass is 16.5. The van der Waals surface area contributed by atoms with Crippen molar-refractivity contribution in [3.05, 3.63) is 120 Å². The van der Waals surface area contributed by atoms with Gasteiger partial charge < -0.3 is 20.4 Å². The van der Waals surface area contributed by atoms with Crippen LogP contribution in [-0.4, -0.2) is 29.1 Å². The SMILES string of the molecule is C[C@](Cc1c[nH]c2ccccc12)(NC(=O)OCc1cccc2ccccc12)C(=O)NCCc1ccccc1. The van der Waals surface area contributed by atoms with Gasteiger partial charge in [0.2, 0.25) is 5.91 Å². The Bertz CT molecular complexity index is 1560. The van der Waals surface area contributed by atoms with Crippen LogP contribution in [0.4, 0.5) is 4.79 Å². The second-order valence-corrected chi connectivity index (χ2v) is 9.70. The molecule has 0 bridgehead atoms. The molecule has 0 aliphatic carbocycles. The van der Waals surface area contributed by atoms with Crippen molar-refractivity contribution in [3.63, 3.8) is 0 Å². The summed E-state index contributed by atoms with van der Waals surface area (Å²) >= 11 is 0. The van der Waals surface area contributed by atoms with E-state index in [2.05, 4.69) is 15.6 Å². The number of carbonyl (C=O) groups is 2. The molecule has 5 aromatic rings. The zero-order valence-corrected chi connectivity index (χ0v) is 21.4. The molecule has 6 nitrogen and oxygen atoms in total. The number of para-hydroxylation sites is 1. The van der Waals surface area contributed by atoms with Crippen LogP contribution >= 0.6 is 0 Å². The van der Waals surface area contributed by atoms with E-state index in [-0.39, 0.29) is 12.5 Å². The van der Waals surface area contributed by atoms with Crippen LogP contribution < -0.4 is 10.6 Å². The number of carbonyl (C=O) groups excluding carboxylic acids is 2. The standard InChI is InChI=1S/C32H31N3O3/c1-32(20-26-21-34-29-17-8-7-16-28(26)29,30(36)33-19-18-23-10-3-2-4-11-23)35-31(37)38-22-25-14-9-13-24-12-5-6-15-27(24)25/h2-17,21,34H,18-20,22H2,1H3,(H,33,36)(H,35,37)/t32-/m1/s1. The molecule has 0 unspecified atom stereocenters. The Kier molecular flexibility index (Phi) is 7.40. The number of aromatic amines is 1. The van der Waals surface area contributed by atoms with E-state index < -0.39 is 11.6 Å². The van der Waals surface area contributed by atoms with Gasteiger partial charge in [-0.05, 0) is 46.9 Å². The third-order valence-corrected chi connectivity index (χ3v) is 6.88. The number of fused-ring (bicyclic) bond motifs is 2. The monoisotopic (exact) mass is 505 g/mol. The molecule has 38 heavy (non-hydrogen) atoms. The summed E-state index contributed by atoms with van der Waals surface area (Å²) in [6, 6.07) is 31.8. The molecule has 1 heterocycles. The predicted octanol–water partition coefficient (Wildman–Crippen LogP) is 5.91. The van der Waals surface area contributed by atoms with Crippen LogP contribution in [0, 0.1) is 0 Å². The second kappa shape index (κ2) is 11.2. The lowest BCUT2D eigenvalue weighted by molar-refractivity contribution is -0.126. The number of rotatable bonds is 9. The molecule has 2 amide bonds. The second-order valence-electron chi connectivity index (χ2n) is 9.70. The van der Waals surface area contributed by atoms with Crippen molar-refractivity contribution in [1.29, 1.82) is 0 Å². The summed E-state index contributed by atoms with van der Waals surface area (Å²) in [7, 11) is 0. The summed E-state index contributed by atoms with van der Waals surface area (Å²) in [5.74, 6) is -0.263. The third kappa shape index (κ3) is 5.70. The van der Waals surface area contributed by atoms with E-state index in [1.54, 1.807) is 6.92 Å². The molecule has 0 saturated heterocycles. The molecule has 4 aromatic carbocycles. The van der Waals surface area contributed by atoms with Gasteiger partial charge in [-0.2, -0.15) is 0 Å². The molecular weight excluding hydrogens is 474 g/mol. The van der Waals surface area contributed by atoms with Crippen molar-refractivity contribution >= 4 is 33.7 Å². The number of amides is 2. The summed E-state index contributed by atoms with van der Waals surface area (Å²) < 4.78 is 5.62. The van der Waals surface area contributed by atoms with Crippen LogP contribution in [0.3, 0.4) is 0 Å². The fraction of sp³-hybridized carbons (Fsp3) is 0.188. The van der Waals surface area contributed by atoms with E-state index in [1.165, 1.54) is 0 Å². The molecule has 0 aliphatic rings. The first-order chi connectivity index (χ1) is 18.5. The molecule has 192 valence electrons. The first-order valence-corrected chi connectivity index (χ1v) is 12.8. The maximum atomic E-state index is 13.5. The maximum absolute atomic E-state index is 13.5. The topological polar surface area (TPSA) is 83.2 Å². The van der Waals surface area contributed by atoms with Gasteiger partial charge in [0.1, 0.15) is 12.1 Å². The average Bonchev–Trinajstić information content (AvgIpc) is 3.34. The normalized spacial score (nSPS) is 12.7. The number of hydrogen-bond donors (Lipinski definition) is 3. The zero-order chi connectivity index (χ0) is 26.4. The Morgan fingerprint density at radius 1 is 0.816 bits per heavy atom. The van der Waals surface area contributed by atoms with Gasteiger partial charge in [0.05, 0.1) is 0 Å². The summed E-state index contributed by atoms with van der Waals surface area (Å²) in [5.41, 5.74) is 2.73. The molecule has 0 saturated carbocycles.